The van der Waals surface area contributed by atoms with E-state index >= 15 is 0 Å². The van der Waals surface area contributed by atoms with E-state index in [2.05, 4.69) is 44.2 Å². The van der Waals surface area contributed by atoms with E-state index in [0.717, 1.165) is 0 Å². The zero-order valence-electron chi connectivity index (χ0n) is 10.1. The predicted octanol–water partition coefficient (Wildman–Crippen LogP) is -0.526. The van der Waals surface area contributed by atoms with Crippen molar-refractivity contribution in [2.75, 3.05) is 0 Å². The zero-order chi connectivity index (χ0) is 11.7. The SMILES string of the molecule is Cc1cc(C)c([I+]c2cnn(C)c2)c(C)c1. The molecule has 2 rings (SSSR count). The van der Waals surface area contributed by atoms with Gasteiger partial charge in [-0.2, -0.15) is 5.10 Å². The fraction of sp³-hybridized carbons (Fsp3) is 0.308. The molecule has 84 valence electrons. The molecule has 1 aromatic carbocycles. The van der Waals surface area contributed by atoms with Gasteiger partial charge >= 0.3 is 21.2 Å². The van der Waals surface area contributed by atoms with Crippen molar-refractivity contribution in [1.82, 2.24) is 9.78 Å². The quantitative estimate of drug-likeness (QED) is 0.679. The van der Waals surface area contributed by atoms with Crippen LogP contribution in [0.4, 0.5) is 0 Å². The molecule has 0 unspecified atom stereocenters. The molecule has 2 aromatic rings. The van der Waals surface area contributed by atoms with Crippen molar-refractivity contribution in [3.8, 4) is 0 Å². The van der Waals surface area contributed by atoms with Crippen molar-refractivity contribution in [2.45, 2.75) is 20.8 Å². The molecule has 1 heterocycles. The summed E-state index contributed by atoms with van der Waals surface area (Å²) in [6.45, 7) is 6.59. The van der Waals surface area contributed by atoms with E-state index in [1.54, 1.807) is 0 Å². The summed E-state index contributed by atoms with van der Waals surface area (Å²) in [5, 5.41) is 4.23. The first-order chi connectivity index (χ1) is 7.56. The summed E-state index contributed by atoms with van der Waals surface area (Å²) in [6.07, 6.45) is 4.12. The molecular weight excluding hydrogens is 311 g/mol. The first-order valence-corrected chi connectivity index (χ1v) is 7.43. The van der Waals surface area contributed by atoms with Gasteiger partial charge in [-0.1, -0.05) is 17.7 Å². The Morgan fingerprint density at radius 3 is 2.25 bits per heavy atom. The number of hydrogen-bond donors (Lipinski definition) is 0. The molecule has 3 heteroatoms. The predicted molar refractivity (Wildman–Crippen MR) is 61.3 cm³/mol. The maximum Gasteiger partial charge on any atom is 0.361 e. The minimum atomic E-state index is -0.0900. The molecule has 0 atom stereocenters. The van der Waals surface area contributed by atoms with Crippen LogP contribution in [-0.4, -0.2) is 9.78 Å². The summed E-state index contributed by atoms with van der Waals surface area (Å²) >= 11 is -0.0900. The van der Waals surface area contributed by atoms with Gasteiger partial charge in [0, 0.05) is 18.2 Å². The van der Waals surface area contributed by atoms with E-state index in [0.29, 0.717) is 0 Å². The smallest absolute Gasteiger partial charge is 0.271 e. The highest BCUT2D eigenvalue weighted by atomic mass is 127. The van der Waals surface area contributed by atoms with Crippen molar-refractivity contribution < 1.29 is 21.2 Å². The van der Waals surface area contributed by atoms with Gasteiger partial charge in [-0.15, -0.1) is 0 Å². The van der Waals surface area contributed by atoms with E-state index in [9.17, 15) is 0 Å². The third kappa shape index (κ3) is 2.45. The molecular formula is C13H16IN2+. The van der Waals surface area contributed by atoms with Gasteiger partial charge < -0.3 is 0 Å². The Bertz CT molecular complexity index is 491. The normalized spacial score (nSPS) is 10.8. The van der Waals surface area contributed by atoms with Gasteiger partial charge in [0.2, 0.25) is 3.57 Å². The lowest BCUT2D eigenvalue weighted by molar-refractivity contribution is -0.598. The zero-order valence-corrected chi connectivity index (χ0v) is 12.2. The third-order valence-electron chi connectivity index (χ3n) is 2.46. The highest BCUT2D eigenvalue weighted by Gasteiger charge is 2.22. The van der Waals surface area contributed by atoms with E-state index in [1.165, 1.54) is 23.8 Å². The average Bonchev–Trinajstić information content (AvgIpc) is 2.58. The lowest BCUT2D eigenvalue weighted by Gasteiger charge is -1.99. The van der Waals surface area contributed by atoms with Gasteiger partial charge in [-0.25, -0.2) is 0 Å². The molecule has 0 saturated carbocycles. The highest BCUT2D eigenvalue weighted by Crippen LogP contribution is 2.07. The van der Waals surface area contributed by atoms with Crippen molar-refractivity contribution in [3.05, 3.63) is 48.4 Å². The second-order valence-electron chi connectivity index (χ2n) is 4.14. The Morgan fingerprint density at radius 1 is 1.12 bits per heavy atom. The van der Waals surface area contributed by atoms with E-state index < -0.39 is 0 Å². The second-order valence-corrected chi connectivity index (χ2v) is 7.00. The number of nitrogens with zero attached hydrogens (tertiary/aromatic N) is 2. The van der Waals surface area contributed by atoms with Gasteiger partial charge in [0.25, 0.3) is 0 Å². The Balaban J connectivity index is 2.34. The van der Waals surface area contributed by atoms with Crippen molar-refractivity contribution >= 4 is 0 Å². The van der Waals surface area contributed by atoms with Crippen LogP contribution in [0.2, 0.25) is 0 Å². The Kier molecular flexibility index (Phi) is 3.33. The molecule has 16 heavy (non-hydrogen) atoms. The Morgan fingerprint density at radius 2 is 1.75 bits per heavy atom. The number of hydrogen-bond acceptors (Lipinski definition) is 1. The number of benzene rings is 1. The van der Waals surface area contributed by atoms with Crippen molar-refractivity contribution in [1.29, 1.82) is 0 Å². The number of rotatable bonds is 2. The summed E-state index contributed by atoms with van der Waals surface area (Å²) < 4.78 is 4.81. The van der Waals surface area contributed by atoms with Crippen LogP contribution in [0.5, 0.6) is 0 Å². The molecule has 0 bridgehead atoms. The Labute approximate surface area is 107 Å². The third-order valence-corrected chi connectivity index (χ3v) is 5.88. The molecule has 0 spiro atoms. The summed E-state index contributed by atoms with van der Waals surface area (Å²) in [7, 11) is 1.97. The molecule has 0 radical (unpaired) electrons. The summed E-state index contributed by atoms with van der Waals surface area (Å²) in [5.74, 6) is 0. The monoisotopic (exact) mass is 327 g/mol. The lowest BCUT2D eigenvalue weighted by atomic mass is 10.1. The minimum absolute atomic E-state index is 0.0900. The minimum Gasteiger partial charge on any atom is -0.271 e. The average molecular weight is 327 g/mol. The second kappa shape index (κ2) is 4.57. The van der Waals surface area contributed by atoms with Gasteiger partial charge in [-0.3, -0.25) is 4.68 Å². The van der Waals surface area contributed by atoms with Crippen LogP contribution in [-0.2, 0) is 7.05 Å². The van der Waals surface area contributed by atoms with Crippen LogP contribution in [0, 0.1) is 27.9 Å². The largest absolute Gasteiger partial charge is 0.361 e. The van der Waals surface area contributed by atoms with Gasteiger partial charge in [0.15, 0.2) is 3.57 Å². The van der Waals surface area contributed by atoms with Crippen LogP contribution in [0.15, 0.2) is 24.5 Å². The molecule has 0 aliphatic heterocycles. The number of aryl methyl sites for hydroxylation is 4. The first kappa shape index (κ1) is 11.6. The maximum absolute atomic E-state index is 4.23. The van der Waals surface area contributed by atoms with E-state index in [-0.39, 0.29) is 21.2 Å². The molecule has 2 nitrogen and oxygen atoms in total. The fourth-order valence-corrected chi connectivity index (χ4v) is 4.45. The Hall–Kier alpha value is -0.840. The van der Waals surface area contributed by atoms with Crippen molar-refractivity contribution in [3.63, 3.8) is 0 Å². The summed E-state index contributed by atoms with van der Waals surface area (Å²) in [6, 6.07) is 4.55. The van der Waals surface area contributed by atoms with Gasteiger partial charge in [0.05, 0.1) is 6.20 Å². The van der Waals surface area contributed by atoms with Crippen LogP contribution < -0.4 is 21.2 Å². The summed E-state index contributed by atoms with van der Waals surface area (Å²) in [4.78, 5) is 0. The topological polar surface area (TPSA) is 17.8 Å². The fourth-order valence-electron chi connectivity index (χ4n) is 1.86. The molecule has 0 amide bonds. The van der Waals surface area contributed by atoms with Gasteiger partial charge in [0.1, 0.15) is 6.20 Å². The molecule has 0 fully saturated rings. The van der Waals surface area contributed by atoms with Gasteiger partial charge in [-0.05, 0) is 20.8 Å². The molecule has 0 aliphatic rings. The first-order valence-electron chi connectivity index (χ1n) is 5.27. The van der Waals surface area contributed by atoms with Crippen molar-refractivity contribution in [2.24, 2.45) is 7.05 Å². The molecule has 0 N–H and O–H groups in total. The van der Waals surface area contributed by atoms with Crippen LogP contribution in [0.25, 0.3) is 0 Å². The van der Waals surface area contributed by atoms with E-state index in [4.69, 9.17) is 0 Å². The molecule has 0 aliphatic carbocycles. The number of halogens is 1. The highest BCUT2D eigenvalue weighted by molar-refractivity contribution is 5.26. The number of aromatic nitrogens is 2. The summed E-state index contributed by atoms with van der Waals surface area (Å²) in [5.41, 5.74) is 4.21. The standard InChI is InChI=1S/C13H16IN2/c1-9-5-10(2)13(11(3)6-9)14-12-7-15-16(4)8-12/h5-8H,1-4H3/q+1. The maximum atomic E-state index is 4.23. The van der Waals surface area contributed by atoms with Crippen LogP contribution >= 0.6 is 0 Å². The van der Waals surface area contributed by atoms with Crippen LogP contribution in [0.1, 0.15) is 16.7 Å². The van der Waals surface area contributed by atoms with Crippen LogP contribution in [0.3, 0.4) is 0 Å². The van der Waals surface area contributed by atoms with E-state index in [1.807, 2.05) is 17.9 Å². The molecule has 0 saturated heterocycles. The molecule has 1 aromatic heterocycles. The lowest BCUT2D eigenvalue weighted by Crippen LogP contribution is -3.62.